The summed E-state index contributed by atoms with van der Waals surface area (Å²) in [6, 6.07) is 9.19. The van der Waals surface area contributed by atoms with Gasteiger partial charge in [0.2, 0.25) is 0 Å². The zero-order valence-electron chi connectivity index (χ0n) is 18.0. The van der Waals surface area contributed by atoms with Gasteiger partial charge >= 0.3 is 0 Å². The van der Waals surface area contributed by atoms with Crippen LogP contribution in [0, 0.1) is 28.1 Å². The van der Waals surface area contributed by atoms with Gasteiger partial charge in [0, 0.05) is 37.2 Å². The molecule has 30 heavy (non-hydrogen) atoms. The van der Waals surface area contributed by atoms with E-state index in [0.29, 0.717) is 24.9 Å². The summed E-state index contributed by atoms with van der Waals surface area (Å²) in [5.41, 5.74) is 1.24. The molecular weight excluding hydrogens is 378 g/mol. The molecular formula is C24H29N3O3. The molecule has 0 radical (unpaired) electrons. The summed E-state index contributed by atoms with van der Waals surface area (Å²) in [4.78, 5) is 29.1. The molecule has 1 aromatic carbocycles. The molecule has 2 N–H and O–H groups in total. The summed E-state index contributed by atoms with van der Waals surface area (Å²) in [6.07, 6.45) is 3.38. The maximum Gasteiger partial charge on any atom is 0.168 e. The monoisotopic (exact) mass is 407 g/mol. The first-order valence-electron chi connectivity index (χ1n) is 10.3. The Kier molecular flexibility index (Phi) is 5.85. The number of carbonyl (C=O) groups is 2. The SMILES string of the molecule is CC1(C)CC(=O)C(C=Nc2cccc(N[C@@H]3CC(C)(C)CC(=O)[C@H]3C#N)c2)=C(O)C1. The molecule has 1 saturated carbocycles. The van der Waals surface area contributed by atoms with Gasteiger partial charge in [-0.25, -0.2) is 0 Å². The van der Waals surface area contributed by atoms with Gasteiger partial charge in [-0.2, -0.15) is 5.26 Å². The van der Waals surface area contributed by atoms with Gasteiger partial charge in [-0.3, -0.25) is 14.6 Å². The second-order valence-electron chi connectivity index (χ2n) is 9.98. The van der Waals surface area contributed by atoms with Crippen molar-refractivity contribution in [2.75, 3.05) is 5.32 Å². The predicted octanol–water partition coefficient (Wildman–Crippen LogP) is 4.90. The quantitative estimate of drug-likeness (QED) is 0.691. The fourth-order valence-corrected chi connectivity index (χ4v) is 4.37. The molecule has 0 aromatic heterocycles. The summed E-state index contributed by atoms with van der Waals surface area (Å²) < 4.78 is 0. The summed E-state index contributed by atoms with van der Waals surface area (Å²) in [6.45, 7) is 7.99. The number of anilines is 1. The molecule has 0 spiro atoms. The number of hydrogen-bond donors (Lipinski definition) is 2. The maximum absolute atomic E-state index is 12.3. The van der Waals surface area contributed by atoms with Gasteiger partial charge in [-0.05, 0) is 35.4 Å². The number of carbonyl (C=O) groups excluding carboxylic acids is 2. The van der Waals surface area contributed by atoms with Crippen LogP contribution in [0.4, 0.5) is 11.4 Å². The van der Waals surface area contributed by atoms with Gasteiger partial charge in [0.15, 0.2) is 11.6 Å². The maximum atomic E-state index is 12.3. The lowest BCUT2D eigenvalue weighted by atomic mass is 9.70. The van der Waals surface area contributed by atoms with Gasteiger partial charge in [-0.15, -0.1) is 0 Å². The number of nitriles is 1. The van der Waals surface area contributed by atoms with E-state index in [2.05, 4.69) is 16.4 Å². The number of hydrogen-bond acceptors (Lipinski definition) is 6. The second-order valence-corrected chi connectivity index (χ2v) is 9.98. The van der Waals surface area contributed by atoms with Crippen molar-refractivity contribution >= 4 is 29.2 Å². The molecule has 0 bridgehead atoms. The van der Waals surface area contributed by atoms with Gasteiger partial charge in [0.05, 0.1) is 17.3 Å². The molecule has 0 amide bonds. The topological polar surface area (TPSA) is 103 Å². The minimum atomic E-state index is -0.671. The second kappa shape index (κ2) is 8.06. The van der Waals surface area contributed by atoms with Gasteiger partial charge in [-0.1, -0.05) is 33.8 Å². The standard InChI is InChI=1S/C24H29N3O3/c1-23(2)9-19(17(13-25)20(28)10-23)27-16-7-5-6-15(8-16)26-14-18-21(29)11-24(3,4)12-22(18)30/h5-8,14,17,19,27,29H,9-12H2,1-4H3/t17-,19+/m0/s1. The van der Waals surface area contributed by atoms with Crippen LogP contribution in [-0.4, -0.2) is 28.9 Å². The van der Waals surface area contributed by atoms with Crippen LogP contribution in [0.1, 0.15) is 53.4 Å². The highest BCUT2D eigenvalue weighted by Gasteiger charge is 2.40. The van der Waals surface area contributed by atoms with Crippen molar-refractivity contribution in [1.29, 1.82) is 5.26 Å². The molecule has 158 valence electrons. The number of nitrogens with one attached hydrogen (secondary N) is 1. The lowest BCUT2D eigenvalue weighted by Crippen LogP contribution is -2.44. The van der Waals surface area contributed by atoms with Crippen molar-refractivity contribution in [3.05, 3.63) is 35.6 Å². The number of Topliss-reactive ketones (excluding diaryl/α,β-unsaturated/α-hetero) is 2. The van der Waals surface area contributed by atoms with E-state index < -0.39 is 5.92 Å². The van der Waals surface area contributed by atoms with Crippen molar-refractivity contribution in [3.8, 4) is 6.07 Å². The Labute approximate surface area is 177 Å². The molecule has 1 fully saturated rings. The highest BCUT2D eigenvalue weighted by Crippen LogP contribution is 2.38. The number of aliphatic hydroxyl groups excluding tert-OH is 1. The third kappa shape index (κ3) is 4.96. The number of nitrogens with zero attached hydrogens (tertiary/aromatic N) is 2. The predicted molar refractivity (Wildman–Crippen MR) is 117 cm³/mol. The van der Waals surface area contributed by atoms with E-state index in [0.717, 1.165) is 12.1 Å². The Bertz CT molecular complexity index is 966. The van der Waals surface area contributed by atoms with Gasteiger partial charge in [0.25, 0.3) is 0 Å². The Morgan fingerprint density at radius 2 is 1.90 bits per heavy atom. The van der Waals surface area contributed by atoms with Crippen LogP contribution in [0.2, 0.25) is 0 Å². The summed E-state index contributed by atoms with van der Waals surface area (Å²) in [7, 11) is 0. The lowest BCUT2D eigenvalue weighted by Gasteiger charge is -2.37. The summed E-state index contributed by atoms with van der Waals surface area (Å²) in [5.74, 6) is -0.729. The highest BCUT2D eigenvalue weighted by atomic mass is 16.3. The van der Waals surface area contributed by atoms with E-state index in [1.807, 2.05) is 45.9 Å². The number of benzene rings is 1. The minimum absolute atomic E-state index is 0.0263. The summed E-state index contributed by atoms with van der Waals surface area (Å²) in [5, 5.41) is 23.0. The van der Waals surface area contributed by atoms with Crippen LogP contribution in [-0.2, 0) is 9.59 Å². The Hall–Kier alpha value is -2.94. The Morgan fingerprint density at radius 1 is 1.17 bits per heavy atom. The van der Waals surface area contributed by atoms with Crippen LogP contribution in [0.15, 0.2) is 40.6 Å². The van der Waals surface area contributed by atoms with Gasteiger partial charge < -0.3 is 10.4 Å². The molecule has 2 aliphatic rings. The van der Waals surface area contributed by atoms with Crippen LogP contribution in [0.3, 0.4) is 0 Å². The van der Waals surface area contributed by atoms with Crippen molar-refractivity contribution in [2.24, 2.45) is 21.7 Å². The van der Waals surface area contributed by atoms with Crippen LogP contribution >= 0.6 is 0 Å². The van der Waals surface area contributed by atoms with Crippen LogP contribution < -0.4 is 5.32 Å². The zero-order chi connectivity index (χ0) is 22.1. The Morgan fingerprint density at radius 3 is 2.57 bits per heavy atom. The molecule has 2 atom stereocenters. The normalized spacial score (nSPS) is 26.0. The highest BCUT2D eigenvalue weighted by molar-refractivity contribution is 6.14. The van der Waals surface area contributed by atoms with Crippen molar-refractivity contribution in [3.63, 3.8) is 0 Å². The van der Waals surface area contributed by atoms with Crippen molar-refractivity contribution in [1.82, 2.24) is 0 Å². The number of rotatable bonds is 4. The summed E-state index contributed by atoms with van der Waals surface area (Å²) >= 11 is 0. The lowest BCUT2D eigenvalue weighted by molar-refractivity contribution is -0.126. The van der Waals surface area contributed by atoms with E-state index >= 15 is 0 Å². The minimum Gasteiger partial charge on any atom is -0.511 e. The van der Waals surface area contributed by atoms with E-state index in [1.54, 1.807) is 6.07 Å². The van der Waals surface area contributed by atoms with Crippen LogP contribution in [0.25, 0.3) is 0 Å². The average Bonchev–Trinajstić information content (AvgIpc) is 2.59. The Balaban J connectivity index is 1.78. The third-order valence-electron chi connectivity index (χ3n) is 5.75. The molecule has 0 aliphatic heterocycles. The molecule has 6 heteroatoms. The first-order chi connectivity index (χ1) is 14.0. The number of aliphatic imine (C=N–C) groups is 1. The van der Waals surface area contributed by atoms with Crippen molar-refractivity contribution in [2.45, 2.75) is 59.4 Å². The molecule has 2 aliphatic carbocycles. The third-order valence-corrected chi connectivity index (χ3v) is 5.75. The van der Waals surface area contributed by atoms with E-state index in [-0.39, 0.29) is 39.8 Å². The van der Waals surface area contributed by atoms with E-state index in [9.17, 15) is 20.0 Å². The fourth-order valence-electron chi connectivity index (χ4n) is 4.37. The van der Waals surface area contributed by atoms with Crippen LogP contribution in [0.5, 0.6) is 0 Å². The first kappa shape index (κ1) is 21.8. The molecule has 0 heterocycles. The molecule has 0 saturated heterocycles. The molecule has 3 rings (SSSR count). The largest absolute Gasteiger partial charge is 0.511 e. The number of allylic oxidation sites excluding steroid dienone is 2. The van der Waals surface area contributed by atoms with Gasteiger partial charge in [0.1, 0.15) is 11.7 Å². The smallest absolute Gasteiger partial charge is 0.168 e. The van der Waals surface area contributed by atoms with Crippen molar-refractivity contribution < 1.29 is 14.7 Å². The average molecular weight is 408 g/mol. The first-order valence-corrected chi connectivity index (χ1v) is 10.3. The van der Waals surface area contributed by atoms with E-state index in [1.165, 1.54) is 6.21 Å². The molecule has 1 aromatic rings. The molecule has 0 unspecified atom stereocenters. The zero-order valence-corrected chi connectivity index (χ0v) is 18.0. The number of ketones is 2. The molecule has 6 nitrogen and oxygen atoms in total. The van der Waals surface area contributed by atoms with E-state index in [4.69, 9.17) is 0 Å². The number of aliphatic hydroxyl groups is 1. The fraction of sp³-hybridized carbons (Fsp3) is 0.500.